The van der Waals surface area contributed by atoms with Gasteiger partial charge in [-0.15, -0.1) is 0 Å². The number of nitrogens with one attached hydrogen (secondary N) is 2. The quantitative estimate of drug-likeness (QED) is 0.700. The second kappa shape index (κ2) is 9.75. The number of hydrogen-bond donors (Lipinski definition) is 2. The zero-order valence-electron chi connectivity index (χ0n) is 15.4. The van der Waals surface area contributed by atoms with Gasteiger partial charge in [0.2, 0.25) is 0 Å². The summed E-state index contributed by atoms with van der Waals surface area (Å²) in [7, 11) is 0. The summed E-state index contributed by atoms with van der Waals surface area (Å²) in [6, 6.07) is 8.22. The van der Waals surface area contributed by atoms with E-state index in [-0.39, 0.29) is 11.8 Å². The van der Waals surface area contributed by atoms with E-state index < -0.39 is 0 Å². The molecule has 1 aromatic heterocycles. The number of rotatable bonds is 6. The third-order valence-corrected chi connectivity index (χ3v) is 5.30. The number of aromatic nitrogens is 1. The number of carbonyl (C=O) groups is 2. The molecule has 0 spiro atoms. The Hall–Kier alpha value is -2.31. The molecular weight excluding hydrogens is 399 g/mol. The Labute approximate surface area is 174 Å². The van der Waals surface area contributed by atoms with E-state index in [4.69, 9.17) is 23.2 Å². The van der Waals surface area contributed by atoms with Crippen LogP contribution in [0.1, 0.15) is 40.0 Å². The zero-order chi connectivity index (χ0) is 19.9. The van der Waals surface area contributed by atoms with Gasteiger partial charge in [0.15, 0.2) is 0 Å². The van der Waals surface area contributed by atoms with Crippen LogP contribution in [0, 0.1) is 0 Å². The smallest absolute Gasteiger partial charge is 0.255 e. The maximum atomic E-state index is 12.6. The van der Waals surface area contributed by atoms with Gasteiger partial charge in [-0.25, -0.2) is 4.98 Å². The fraction of sp³-hybridized carbons (Fsp3) is 0.350. The highest BCUT2D eigenvalue weighted by Crippen LogP contribution is 2.23. The lowest BCUT2D eigenvalue weighted by Crippen LogP contribution is -2.36. The molecule has 0 saturated carbocycles. The van der Waals surface area contributed by atoms with Crippen LogP contribution in [0.3, 0.4) is 0 Å². The molecular formula is C20H22Cl2N4O2. The van der Waals surface area contributed by atoms with Crippen molar-refractivity contribution in [3.8, 4) is 0 Å². The van der Waals surface area contributed by atoms with Crippen LogP contribution in [-0.2, 0) is 0 Å². The van der Waals surface area contributed by atoms with Crippen LogP contribution in [0.15, 0.2) is 36.5 Å². The molecule has 8 heteroatoms. The number of piperidine rings is 1. The first kappa shape index (κ1) is 20.4. The minimum absolute atomic E-state index is 0.197. The molecule has 0 unspecified atom stereocenters. The molecule has 2 aromatic rings. The summed E-state index contributed by atoms with van der Waals surface area (Å²) < 4.78 is 0. The maximum Gasteiger partial charge on any atom is 0.255 e. The standard InChI is InChI=1S/C20H22Cl2N4O2/c21-16-7-6-14(13-17(16)22)19(27)24-9-10-25-20(28)15-5-4-8-23-18(15)26-11-2-1-3-12-26/h4-8,13H,1-3,9-12H2,(H,24,27)(H,25,28). The lowest BCUT2D eigenvalue weighted by molar-refractivity contribution is 0.0927. The number of nitrogens with zero attached hydrogens (tertiary/aromatic N) is 2. The van der Waals surface area contributed by atoms with Crippen molar-refractivity contribution in [3.05, 3.63) is 57.7 Å². The van der Waals surface area contributed by atoms with Crippen LogP contribution < -0.4 is 15.5 Å². The summed E-state index contributed by atoms with van der Waals surface area (Å²) in [5.41, 5.74) is 0.973. The van der Waals surface area contributed by atoms with Crippen LogP contribution in [0.25, 0.3) is 0 Å². The molecule has 0 bridgehead atoms. The Balaban J connectivity index is 1.52. The van der Waals surface area contributed by atoms with Crippen LogP contribution in [0.5, 0.6) is 0 Å². The van der Waals surface area contributed by atoms with E-state index in [1.54, 1.807) is 30.5 Å². The molecule has 0 radical (unpaired) electrons. The largest absolute Gasteiger partial charge is 0.356 e. The summed E-state index contributed by atoms with van der Waals surface area (Å²) in [6.45, 7) is 2.43. The van der Waals surface area contributed by atoms with E-state index in [0.29, 0.717) is 34.3 Å². The maximum absolute atomic E-state index is 12.6. The first-order valence-corrected chi connectivity index (χ1v) is 10.0. The van der Waals surface area contributed by atoms with Gasteiger partial charge < -0.3 is 15.5 Å². The molecule has 2 heterocycles. The SMILES string of the molecule is O=C(NCCNC(=O)c1cccnc1N1CCCCC1)c1ccc(Cl)c(Cl)c1. The van der Waals surface area contributed by atoms with Crippen molar-refractivity contribution in [1.82, 2.24) is 15.6 Å². The predicted octanol–water partition coefficient (Wildman–Crippen LogP) is 3.54. The molecule has 148 valence electrons. The van der Waals surface area contributed by atoms with Crippen LogP contribution >= 0.6 is 23.2 Å². The fourth-order valence-corrected chi connectivity index (χ4v) is 3.42. The summed E-state index contributed by atoms with van der Waals surface area (Å²) >= 11 is 11.8. The number of anilines is 1. The van der Waals surface area contributed by atoms with E-state index in [2.05, 4.69) is 20.5 Å². The Morgan fingerprint density at radius 2 is 1.68 bits per heavy atom. The number of halogens is 2. The lowest BCUT2D eigenvalue weighted by atomic mass is 10.1. The number of hydrogen-bond acceptors (Lipinski definition) is 4. The molecule has 1 aliphatic heterocycles. The molecule has 6 nitrogen and oxygen atoms in total. The van der Waals surface area contributed by atoms with Gasteiger partial charge in [0.25, 0.3) is 11.8 Å². The fourth-order valence-electron chi connectivity index (χ4n) is 3.12. The van der Waals surface area contributed by atoms with Gasteiger partial charge in [-0.2, -0.15) is 0 Å². The number of benzene rings is 1. The minimum atomic E-state index is -0.275. The monoisotopic (exact) mass is 420 g/mol. The summed E-state index contributed by atoms with van der Waals surface area (Å²) in [4.78, 5) is 31.3. The Morgan fingerprint density at radius 1 is 0.964 bits per heavy atom. The second-order valence-corrected chi connectivity index (χ2v) is 7.38. The Kier molecular flexibility index (Phi) is 7.12. The van der Waals surface area contributed by atoms with E-state index in [9.17, 15) is 9.59 Å². The van der Waals surface area contributed by atoms with Crippen molar-refractivity contribution >= 4 is 40.8 Å². The third kappa shape index (κ3) is 5.14. The average molecular weight is 421 g/mol. The molecule has 1 aromatic carbocycles. The van der Waals surface area contributed by atoms with Crippen molar-refractivity contribution in [2.45, 2.75) is 19.3 Å². The summed E-state index contributed by atoms with van der Waals surface area (Å²) in [5.74, 6) is 0.250. The van der Waals surface area contributed by atoms with Gasteiger partial charge in [0.1, 0.15) is 5.82 Å². The molecule has 0 atom stereocenters. The normalized spacial score (nSPS) is 13.9. The first-order valence-electron chi connectivity index (χ1n) is 9.27. The van der Waals surface area contributed by atoms with E-state index in [1.165, 1.54) is 12.5 Å². The number of pyridine rings is 1. The highest BCUT2D eigenvalue weighted by atomic mass is 35.5. The van der Waals surface area contributed by atoms with Crippen molar-refractivity contribution in [2.75, 3.05) is 31.1 Å². The van der Waals surface area contributed by atoms with Gasteiger partial charge in [-0.3, -0.25) is 9.59 Å². The van der Waals surface area contributed by atoms with E-state index in [0.717, 1.165) is 31.7 Å². The molecule has 1 fully saturated rings. The molecule has 1 aliphatic rings. The van der Waals surface area contributed by atoms with Crippen LogP contribution in [0.2, 0.25) is 10.0 Å². The van der Waals surface area contributed by atoms with Crippen molar-refractivity contribution < 1.29 is 9.59 Å². The Bertz CT molecular complexity index is 854. The van der Waals surface area contributed by atoms with Crippen molar-refractivity contribution in [1.29, 1.82) is 0 Å². The highest BCUT2D eigenvalue weighted by Gasteiger charge is 2.19. The highest BCUT2D eigenvalue weighted by molar-refractivity contribution is 6.42. The van der Waals surface area contributed by atoms with Crippen LogP contribution in [-0.4, -0.2) is 43.0 Å². The Morgan fingerprint density at radius 3 is 2.39 bits per heavy atom. The summed E-state index contributed by atoms with van der Waals surface area (Å²) in [5, 5.41) is 6.31. The van der Waals surface area contributed by atoms with Crippen LogP contribution in [0.4, 0.5) is 5.82 Å². The van der Waals surface area contributed by atoms with Gasteiger partial charge in [0, 0.05) is 37.9 Å². The second-order valence-electron chi connectivity index (χ2n) is 6.56. The van der Waals surface area contributed by atoms with Gasteiger partial charge in [-0.05, 0) is 49.6 Å². The molecule has 1 saturated heterocycles. The molecule has 28 heavy (non-hydrogen) atoms. The molecule has 0 aliphatic carbocycles. The molecule has 2 amide bonds. The average Bonchev–Trinajstić information content (AvgIpc) is 2.73. The van der Waals surface area contributed by atoms with Crippen molar-refractivity contribution in [2.24, 2.45) is 0 Å². The first-order chi connectivity index (χ1) is 13.6. The number of carbonyl (C=O) groups excluding carboxylic acids is 2. The van der Waals surface area contributed by atoms with Gasteiger partial charge >= 0.3 is 0 Å². The third-order valence-electron chi connectivity index (χ3n) is 4.56. The lowest BCUT2D eigenvalue weighted by Gasteiger charge is -2.29. The molecule has 2 N–H and O–H groups in total. The van der Waals surface area contributed by atoms with E-state index >= 15 is 0 Å². The van der Waals surface area contributed by atoms with Gasteiger partial charge in [0.05, 0.1) is 15.6 Å². The zero-order valence-corrected chi connectivity index (χ0v) is 16.9. The summed E-state index contributed by atoms with van der Waals surface area (Å²) in [6.07, 6.45) is 5.14. The number of amides is 2. The minimum Gasteiger partial charge on any atom is -0.356 e. The van der Waals surface area contributed by atoms with Crippen molar-refractivity contribution in [3.63, 3.8) is 0 Å². The van der Waals surface area contributed by atoms with E-state index in [1.807, 2.05) is 0 Å². The topological polar surface area (TPSA) is 74.3 Å². The predicted molar refractivity (Wildman–Crippen MR) is 111 cm³/mol. The van der Waals surface area contributed by atoms with Gasteiger partial charge in [-0.1, -0.05) is 23.2 Å². The molecule has 3 rings (SSSR count).